The number of aryl methyl sites for hydroxylation is 2. The molecule has 2 aromatic rings. The van der Waals surface area contributed by atoms with Crippen molar-refractivity contribution in [1.29, 1.82) is 5.26 Å². The van der Waals surface area contributed by atoms with Crippen LogP contribution in [0.25, 0.3) is 0 Å². The summed E-state index contributed by atoms with van der Waals surface area (Å²) >= 11 is 2.06. The van der Waals surface area contributed by atoms with Crippen molar-refractivity contribution >= 4 is 34.1 Å². The van der Waals surface area contributed by atoms with Gasteiger partial charge in [-0.25, -0.2) is 9.37 Å². The van der Waals surface area contributed by atoms with Gasteiger partial charge >= 0.3 is 0 Å². The third-order valence-corrected chi connectivity index (χ3v) is 4.25. The minimum absolute atomic E-state index is 0.276. The number of anilines is 2. The van der Waals surface area contributed by atoms with E-state index >= 15 is 0 Å². The molecule has 100 valence electrons. The summed E-state index contributed by atoms with van der Waals surface area (Å²) in [5.41, 5.74) is 3.52. The fourth-order valence-electron chi connectivity index (χ4n) is 2.37. The number of fused-ring (bicyclic) bond motifs is 1. The molecule has 0 amide bonds. The smallest absolute Gasteiger partial charge is 0.148 e. The average molecular weight is 379 g/mol. The van der Waals surface area contributed by atoms with Crippen LogP contribution in [-0.2, 0) is 12.8 Å². The zero-order valence-corrected chi connectivity index (χ0v) is 12.7. The topological polar surface area (TPSA) is 48.7 Å². The van der Waals surface area contributed by atoms with Crippen molar-refractivity contribution in [2.24, 2.45) is 0 Å². The number of nitriles is 1. The summed E-state index contributed by atoms with van der Waals surface area (Å²) in [4.78, 5) is 4.55. The fourth-order valence-corrected chi connectivity index (χ4v) is 2.98. The fraction of sp³-hybridized carbons (Fsp3) is 0.200. The molecule has 1 aromatic carbocycles. The molecule has 0 bridgehead atoms. The van der Waals surface area contributed by atoms with Crippen molar-refractivity contribution in [2.45, 2.75) is 19.3 Å². The molecule has 1 aliphatic carbocycles. The second-order valence-electron chi connectivity index (χ2n) is 4.70. The normalized spacial score (nSPS) is 12.8. The Morgan fingerprint density at radius 2 is 2.15 bits per heavy atom. The van der Waals surface area contributed by atoms with Crippen molar-refractivity contribution in [3.63, 3.8) is 0 Å². The SMILES string of the molecule is N#Cc1cc2c(nc1Nc1ccc(F)cc1I)CCC2. The number of aromatic nitrogens is 1. The highest BCUT2D eigenvalue weighted by Gasteiger charge is 2.17. The monoisotopic (exact) mass is 379 g/mol. The summed E-state index contributed by atoms with van der Waals surface area (Å²) in [6.07, 6.45) is 3.03. The van der Waals surface area contributed by atoms with E-state index in [0.29, 0.717) is 11.4 Å². The van der Waals surface area contributed by atoms with Gasteiger partial charge in [-0.1, -0.05) is 0 Å². The van der Waals surface area contributed by atoms with E-state index in [4.69, 9.17) is 0 Å². The van der Waals surface area contributed by atoms with Crippen LogP contribution >= 0.6 is 22.6 Å². The number of nitrogens with zero attached hydrogens (tertiary/aromatic N) is 2. The maximum absolute atomic E-state index is 13.1. The van der Waals surface area contributed by atoms with Gasteiger partial charge in [0.25, 0.3) is 0 Å². The zero-order chi connectivity index (χ0) is 14.1. The Morgan fingerprint density at radius 3 is 2.90 bits per heavy atom. The Kier molecular flexibility index (Phi) is 3.57. The Hall–Kier alpha value is -1.68. The van der Waals surface area contributed by atoms with Crippen LogP contribution in [-0.4, -0.2) is 4.98 Å². The summed E-state index contributed by atoms with van der Waals surface area (Å²) in [6, 6.07) is 8.59. The highest BCUT2D eigenvalue weighted by atomic mass is 127. The van der Waals surface area contributed by atoms with E-state index in [-0.39, 0.29) is 5.82 Å². The lowest BCUT2D eigenvalue weighted by molar-refractivity contribution is 0.627. The second kappa shape index (κ2) is 5.37. The lowest BCUT2D eigenvalue weighted by atomic mass is 10.1. The quantitative estimate of drug-likeness (QED) is 0.805. The summed E-state index contributed by atoms with van der Waals surface area (Å²) < 4.78 is 13.9. The molecule has 5 heteroatoms. The molecule has 3 rings (SSSR count). The van der Waals surface area contributed by atoms with Crippen molar-refractivity contribution in [3.05, 3.63) is 50.5 Å². The van der Waals surface area contributed by atoms with Gasteiger partial charge in [-0.05, 0) is 71.7 Å². The number of nitrogens with one attached hydrogen (secondary N) is 1. The van der Waals surface area contributed by atoms with Crippen molar-refractivity contribution in [1.82, 2.24) is 4.98 Å². The highest BCUT2D eigenvalue weighted by Crippen LogP contribution is 2.28. The lowest BCUT2D eigenvalue weighted by Gasteiger charge is -2.11. The van der Waals surface area contributed by atoms with E-state index in [1.807, 2.05) is 6.07 Å². The van der Waals surface area contributed by atoms with Crippen molar-refractivity contribution in [3.8, 4) is 6.07 Å². The molecule has 20 heavy (non-hydrogen) atoms. The van der Waals surface area contributed by atoms with Gasteiger partial charge in [-0.3, -0.25) is 0 Å². The predicted octanol–water partition coefficient (Wildman–Crippen LogP) is 3.93. The van der Waals surface area contributed by atoms with Crippen LogP contribution in [0.4, 0.5) is 15.9 Å². The first-order chi connectivity index (χ1) is 9.67. The minimum atomic E-state index is -0.276. The number of rotatable bonds is 2. The van der Waals surface area contributed by atoms with E-state index in [0.717, 1.165) is 34.2 Å². The van der Waals surface area contributed by atoms with Gasteiger partial charge in [0.15, 0.2) is 0 Å². The van der Waals surface area contributed by atoms with E-state index in [1.165, 1.54) is 17.7 Å². The Labute approximate surface area is 130 Å². The maximum Gasteiger partial charge on any atom is 0.148 e. The van der Waals surface area contributed by atoms with Crippen LogP contribution in [0.3, 0.4) is 0 Å². The second-order valence-corrected chi connectivity index (χ2v) is 5.87. The molecule has 0 radical (unpaired) electrons. The van der Waals surface area contributed by atoms with Gasteiger partial charge in [0, 0.05) is 9.26 Å². The standard InChI is InChI=1S/C15H11FIN3/c16-11-4-5-14(12(17)7-11)20-15-10(8-18)6-9-2-1-3-13(9)19-15/h4-7H,1-3H2,(H,19,20). The third-order valence-electron chi connectivity index (χ3n) is 3.36. The molecule has 0 unspecified atom stereocenters. The van der Waals surface area contributed by atoms with Gasteiger partial charge in [0.05, 0.1) is 11.3 Å². The summed E-state index contributed by atoms with van der Waals surface area (Å²) in [5.74, 6) is 0.278. The molecule has 0 aliphatic heterocycles. The van der Waals surface area contributed by atoms with Crippen LogP contribution in [0.5, 0.6) is 0 Å². The molecule has 0 saturated heterocycles. The Balaban J connectivity index is 2.00. The molecular formula is C15H11FIN3. The first-order valence-electron chi connectivity index (χ1n) is 6.32. The molecule has 0 spiro atoms. The van der Waals surface area contributed by atoms with Gasteiger partial charge < -0.3 is 5.32 Å². The molecule has 1 N–H and O–H groups in total. The number of hydrogen-bond acceptors (Lipinski definition) is 3. The Bertz CT molecular complexity index is 722. The molecule has 0 fully saturated rings. The van der Waals surface area contributed by atoms with E-state index in [1.54, 1.807) is 6.07 Å². The van der Waals surface area contributed by atoms with Crippen LogP contribution in [0.2, 0.25) is 0 Å². The summed E-state index contributed by atoms with van der Waals surface area (Å²) in [7, 11) is 0. The molecule has 3 nitrogen and oxygen atoms in total. The van der Waals surface area contributed by atoms with E-state index < -0.39 is 0 Å². The van der Waals surface area contributed by atoms with E-state index in [9.17, 15) is 9.65 Å². The van der Waals surface area contributed by atoms with Crippen LogP contribution < -0.4 is 5.32 Å². The molecular weight excluding hydrogens is 368 g/mol. The van der Waals surface area contributed by atoms with Gasteiger partial charge in [-0.15, -0.1) is 0 Å². The molecule has 0 atom stereocenters. The number of pyridine rings is 1. The largest absolute Gasteiger partial charge is 0.338 e. The van der Waals surface area contributed by atoms with Gasteiger partial charge in [0.2, 0.25) is 0 Å². The first kappa shape index (κ1) is 13.3. The van der Waals surface area contributed by atoms with Gasteiger partial charge in [0.1, 0.15) is 17.7 Å². The highest BCUT2D eigenvalue weighted by molar-refractivity contribution is 14.1. The van der Waals surface area contributed by atoms with Crippen LogP contribution in [0, 0.1) is 20.7 Å². The lowest BCUT2D eigenvalue weighted by Crippen LogP contribution is -2.02. The number of halogens is 2. The summed E-state index contributed by atoms with van der Waals surface area (Å²) in [5, 5.41) is 12.4. The molecule has 0 saturated carbocycles. The molecule has 1 aromatic heterocycles. The van der Waals surface area contributed by atoms with Crippen LogP contribution in [0.15, 0.2) is 24.3 Å². The molecule has 1 aliphatic rings. The van der Waals surface area contributed by atoms with Crippen LogP contribution in [0.1, 0.15) is 23.2 Å². The zero-order valence-electron chi connectivity index (χ0n) is 10.6. The maximum atomic E-state index is 13.1. The van der Waals surface area contributed by atoms with Gasteiger partial charge in [-0.2, -0.15) is 5.26 Å². The first-order valence-corrected chi connectivity index (χ1v) is 7.40. The Morgan fingerprint density at radius 1 is 1.30 bits per heavy atom. The minimum Gasteiger partial charge on any atom is -0.338 e. The predicted molar refractivity (Wildman–Crippen MR) is 83.4 cm³/mol. The van der Waals surface area contributed by atoms with E-state index in [2.05, 4.69) is 39.0 Å². The van der Waals surface area contributed by atoms with Crippen molar-refractivity contribution < 1.29 is 4.39 Å². The number of benzene rings is 1. The van der Waals surface area contributed by atoms with Crippen molar-refractivity contribution in [2.75, 3.05) is 5.32 Å². The number of hydrogen-bond donors (Lipinski definition) is 1. The summed E-state index contributed by atoms with van der Waals surface area (Å²) in [6.45, 7) is 0. The molecule has 1 heterocycles. The average Bonchev–Trinajstić information content (AvgIpc) is 2.88. The third kappa shape index (κ3) is 2.48.